The Morgan fingerprint density at radius 1 is 1.08 bits per heavy atom. The fourth-order valence-electron chi connectivity index (χ4n) is 3.28. The molecule has 0 atom stereocenters. The molecule has 2 aromatic heterocycles. The van der Waals surface area contributed by atoms with Gasteiger partial charge in [0, 0.05) is 30.2 Å². The minimum Gasteiger partial charge on any atom is -0.462 e. The van der Waals surface area contributed by atoms with Crippen LogP contribution in [0.15, 0.2) is 54.9 Å². The van der Waals surface area contributed by atoms with Gasteiger partial charge in [0.15, 0.2) is 0 Å². The van der Waals surface area contributed by atoms with Crippen molar-refractivity contribution in [2.45, 2.75) is 13.5 Å². The highest BCUT2D eigenvalue weighted by Gasteiger charge is 2.17. The Kier molecular flexibility index (Phi) is 3.76. The van der Waals surface area contributed by atoms with Crippen molar-refractivity contribution >= 4 is 27.8 Å². The largest absolute Gasteiger partial charge is 0.462 e. The summed E-state index contributed by atoms with van der Waals surface area (Å²) in [6, 6.07) is 14.1. The average molecular weight is 333 g/mol. The zero-order chi connectivity index (χ0) is 17.4. The lowest BCUT2D eigenvalue weighted by atomic mass is 10.1. The lowest BCUT2D eigenvalue weighted by molar-refractivity contribution is 0.0528. The number of nitrogens with zero attached hydrogens (tertiary/aromatic N) is 3. The number of aryl methyl sites for hydroxylation is 1. The number of benzene rings is 2. The first-order chi connectivity index (χ1) is 12.2. The Balaban J connectivity index is 1.82. The van der Waals surface area contributed by atoms with Crippen molar-refractivity contribution in [1.29, 1.82) is 0 Å². The molecule has 0 aliphatic rings. The maximum Gasteiger partial charge on any atom is 0.340 e. The van der Waals surface area contributed by atoms with Crippen LogP contribution in [0.25, 0.3) is 21.8 Å². The van der Waals surface area contributed by atoms with Crippen LogP contribution in [0.3, 0.4) is 0 Å². The van der Waals surface area contributed by atoms with Crippen LogP contribution < -0.4 is 0 Å². The van der Waals surface area contributed by atoms with E-state index in [4.69, 9.17) is 4.74 Å². The molecule has 0 amide bonds. The lowest BCUT2D eigenvalue weighted by Crippen LogP contribution is -2.03. The second-order valence-electron chi connectivity index (χ2n) is 6.08. The van der Waals surface area contributed by atoms with Crippen LogP contribution in [0.2, 0.25) is 0 Å². The van der Waals surface area contributed by atoms with Gasteiger partial charge in [0.1, 0.15) is 0 Å². The van der Waals surface area contributed by atoms with Crippen LogP contribution in [-0.2, 0) is 18.3 Å². The molecule has 0 N–H and O–H groups in total. The number of aromatic nitrogens is 3. The number of ether oxygens (including phenoxy) is 1. The number of hydrogen-bond acceptors (Lipinski definition) is 3. The van der Waals surface area contributed by atoms with Gasteiger partial charge in [0.25, 0.3) is 0 Å². The van der Waals surface area contributed by atoms with E-state index < -0.39 is 0 Å². The van der Waals surface area contributed by atoms with Gasteiger partial charge in [-0.15, -0.1) is 0 Å². The number of rotatable bonds is 4. The van der Waals surface area contributed by atoms with Gasteiger partial charge in [-0.3, -0.25) is 4.68 Å². The highest BCUT2D eigenvalue weighted by molar-refractivity contribution is 6.12. The minimum absolute atomic E-state index is 0.288. The first kappa shape index (κ1) is 15.4. The lowest BCUT2D eigenvalue weighted by Gasteiger charge is -2.00. The predicted octanol–water partition coefficient (Wildman–Crippen LogP) is 3.75. The molecular weight excluding hydrogens is 314 g/mol. The predicted molar refractivity (Wildman–Crippen MR) is 97.7 cm³/mol. The number of esters is 1. The summed E-state index contributed by atoms with van der Waals surface area (Å²) in [7, 11) is 1.94. The molecule has 0 saturated heterocycles. The van der Waals surface area contributed by atoms with Crippen LogP contribution >= 0.6 is 0 Å². The van der Waals surface area contributed by atoms with Gasteiger partial charge >= 0.3 is 5.97 Å². The Morgan fingerprint density at radius 3 is 2.64 bits per heavy atom. The van der Waals surface area contributed by atoms with Crippen molar-refractivity contribution in [2.75, 3.05) is 6.61 Å². The summed E-state index contributed by atoms with van der Waals surface area (Å²) in [5.41, 5.74) is 3.71. The third-order valence-electron chi connectivity index (χ3n) is 4.36. The smallest absolute Gasteiger partial charge is 0.340 e. The maximum absolute atomic E-state index is 12.2. The molecule has 2 aromatic carbocycles. The number of fused-ring (bicyclic) bond motifs is 3. The van der Waals surface area contributed by atoms with Gasteiger partial charge in [-0.1, -0.05) is 30.3 Å². The number of carbonyl (C=O) groups excluding carboxylic acids is 1. The van der Waals surface area contributed by atoms with Crippen molar-refractivity contribution in [1.82, 2.24) is 14.3 Å². The molecule has 5 heteroatoms. The monoisotopic (exact) mass is 333 g/mol. The normalized spacial score (nSPS) is 11.3. The molecule has 0 fully saturated rings. The van der Waals surface area contributed by atoms with Gasteiger partial charge in [0.05, 0.1) is 29.7 Å². The van der Waals surface area contributed by atoms with Crippen LogP contribution in [-0.4, -0.2) is 26.9 Å². The van der Waals surface area contributed by atoms with Crippen molar-refractivity contribution in [2.24, 2.45) is 7.05 Å². The molecule has 126 valence electrons. The van der Waals surface area contributed by atoms with E-state index in [9.17, 15) is 4.79 Å². The third kappa shape index (κ3) is 2.67. The second kappa shape index (κ2) is 6.09. The van der Waals surface area contributed by atoms with E-state index in [0.29, 0.717) is 18.7 Å². The van der Waals surface area contributed by atoms with Gasteiger partial charge in [-0.25, -0.2) is 4.79 Å². The van der Waals surface area contributed by atoms with Gasteiger partial charge < -0.3 is 9.30 Å². The fourth-order valence-corrected chi connectivity index (χ4v) is 3.28. The number of carbonyl (C=O) groups is 1. The first-order valence-electron chi connectivity index (χ1n) is 8.33. The van der Waals surface area contributed by atoms with Crippen LogP contribution in [0.1, 0.15) is 22.8 Å². The molecule has 0 unspecified atom stereocenters. The summed E-state index contributed by atoms with van der Waals surface area (Å²) in [6.45, 7) is 2.90. The Labute approximate surface area is 145 Å². The van der Waals surface area contributed by atoms with Crippen LogP contribution in [0.4, 0.5) is 0 Å². The van der Waals surface area contributed by atoms with Gasteiger partial charge in [-0.05, 0) is 24.6 Å². The highest BCUT2D eigenvalue weighted by Crippen LogP contribution is 2.29. The van der Waals surface area contributed by atoms with Gasteiger partial charge in [0.2, 0.25) is 0 Å². The summed E-state index contributed by atoms with van der Waals surface area (Å²) in [4.78, 5) is 12.2. The Bertz CT molecular complexity index is 1060. The highest BCUT2D eigenvalue weighted by atomic mass is 16.5. The minimum atomic E-state index is -0.288. The van der Waals surface area contributed by atoms with Crippen LogP contribution in [0.5, 0.6) is 0 Å². The van der Waals surface area contributed by atoms with E-state index in [0.717, 1.165) is 21.8 Å². The molecule has 0 bridgehead atoms. The SMILES string of the molecule is CCOC(=O)c1cn(C)c2c1ccc1nn(Cc3ccccc3)cc12. The Hall–Kier alpha value is -3.08. The summed E-state index contributed by atoms with van der Waals surface area (Å²) in [6.07, 6.45) is 3.87. The van der Waals surface area contributed by atoms with E-state index in [-0.39, 0.29) is 5.97 Å². The maximum atomic E-state index is 12.2. The van der Waals surface area contributed by atoms with Crippen molar-refractivity contribution in [3.63, 3.8) is 0 Å². The molecule has 0 spiro atoms. The molecular formula is C20H19N3O2. The summed E-state index contributed by atoms with van der Waals surface area (Å²) in [5.74, 6) is -0.288. The first-order valence-corrected chi connectivity index (χ1v) is 8.33. The summed E-state index contributed by atoms with van der Waals surface area (Å²) in [5, 5.41) is 6.61. The number of hydrogen-bond donors (Lipinski definition) is 0. The van der Waals surface area contributed by atoms with Crippen molar-refractivity contribution < 1.29 is 9.53 Å². The second-order valence-corrected chi connectivity index (χ2v) is 6.08. The van der Waals surface area contributed by atoms with E-state index >= 15 is 0 Å². The van der Waals surface area contributed by atoms with Crippen molar-refractivity contribution in [3.8, 4) is 0 Å². The zero-order valence-corrected chi connectivity index (χ0v) is 14.3. The molecule has 2 heterocycles. The molecule has 4 rings (SSSR count). The van der Waals surface area contributed by atoms with E-state index in [1.165, 1.54) is 5.56 Å². The summed E-state index contributed by atoms with van der Waals surface area (Å²) < 4.78 is 9.08. The van der Waals surface area contributed by atoms with E-state index in [2.05, 4.69) is 17.2 Å². The molecule has 0 radical (unpaired) electrons. The molecule has 0 aliphatic carbocycles. The summed E-state index contributed by atoms with van der Waals surface area (Å²) >= 11 is 0. The molecule has 4 aromatic rings. The fraction of sp³-hybridized carbons (Fsp3) is 0.200. The quantitative estimate of drug-likeness (QED) is 0.534. The molecule has 5 nitrogen and oxygen atoms in total. The molecule has 25 heavy (non-hydrogen) atoms. The standard InChI is InChI=1S/C20H19N3O2/c1-3-25-20(24)16-12-22(2)19-15(16)9-10-18-17(19)13-23(21-18)11-14-7-5-4-6-8-14/h4-10,12-13H,3,11H2,1-2H3. The molecule has 0 saturated carbocycles. The zero-order valence-electron chi connectivity index (χ0n) is 14.3. The Morgan fingerprint density at radius 2 is 1.88 bits per heavy atom. The van der Waals surface area contributed by atoms with E-state index in [1.54, 1.807) is 0 Å². The average Bonchev–Trinajstić information content (AvgIpc) is 3.16. The van der Waals surface area contributed by atoms with Crippen LogP contribution in [0, 0.1) is 0 Å². The van der Waals surface area contributed by atoms with Crippen molar-refractivity contribution in [3.05, 3.63) is 66.0 Å². The molecule has 0 aliphatic heterocycles. The van der Waals surface area contributed by atoms with Gasteiger partial charge in [-0.2, -0.15) is 5.10 Å². The topological polar surface area (TPSA) is 49.1 Å². The van der Waals surface area contributed by atoms with E-state index in [1.807, 2.05) is 65.9 Å². The third-order valence-corrected chi connectivity index (χ3v) is 4.36.